The summed E-state index contributed by atoms with van der Waals surface area (Å²) in [6, 6.07) is 11.9. The molecule has 0 radical (unpaired) electrons. The number of ether oxygens (including phenoxy) is 1. The summed E-state index contributed by atoms with van der Waals surface area (Å²) in [5, 5.41) is 7.80. The summed E-state index contributed by atoms with van der Waals surface area (Å²) >= 11 is 7.42. The van der Waals surface area contributed by atoms with Crippen LogP contribution in [0.1, 0.15) is 29.1 Å². The van der Waals surface area contributed by atoms with Gasteiger partial charge in [-0.3, -0.25) is 4.79 Å². The monoisotopic (exact) mass is 504 g/mol. The molecule has 1 N–H and O–H groups in total. The highest BCUT2D eigenvalue weighted by molar-refractivity contribution is 7.91. The van der Waals surface area contributed by atoms with Gasteiger partial charge in [-0.1, -0.05) is 17.7 Å². The summed E-state index contributed by atoms with van der Waals surface area (Å²) < 4.78 is 31.4. The van der Waals surface area contributed by atoms with E-state index in [1.165, 1.54) is 28.3 Å². The Labute approximate surface area is 200 Å². The van der Waals surface area contributed by atoms with Crippen molar-refractivity contribution in [3.05, 3.63) is 64.3 Å². The van der Waals surface area contributed by atoms with Gasteiger partial charge < -0.3 is 10.1 Å². The fourth-order valence-electron chi connectivity index (χ4n) is 3.10. The van der Waals surface area contributed by atoms with Crippen LogP contribution >= 0.6 is 22.9 Å². The van der Waals surface area contributed by atoms with Crippen molar-refractivity contribution in [3.8, 4) is 11.8 Å². The molecule has 0 aliphatic heterocycles. The second-order valence-corrected chi connectivity index (χ2v) is 12.0. The SMILES string of the molecule is Cn1nccc1Oc1cc(NC(=O)c2cc3cc(C(C)(C)S(C)(=O)=O)ccc3s2)cc(Cl)n1. The molecule has 4 rings (SSSR count). The quantitative estimate of drug-likeness (QED) is 0.370. The second-order valence-electron chi connectivity index (χ2n) is 8.01. The molecule has 0 saturated heterocycles. The number of halogens is 1. The van der Waals surface area contributed by atoms with E-state index in [2.05, 4.69) is 15.4 Å². The Bertz CT molecular complexity index is 1470. The summed E-state index contributed by atoms with van der Waals surface area (Å²) in [6.45, 7) is 3.34. The predicted octanol–water partition coefficient (Wildman–Crippen LogP) is 5.01. The largest absolute Gasteiger partial charge is 0.421 e. The van der Waals surface area contributed by atoms with Crippen molar-refractivity contribution in [1.82, 2.24) is 14.8 Å². The number of nitrogens with one attached hydrogen (secondary N) is 1. The maximum atomic E-state index is 12.9. The number of hydrogen-bond acceptors (Lipinski definition) is 7. The number of pyridine rings is 1. The number of carbonyl (C=O) groups is 1. The first-order chi connectivity index (χ1) is 15.4. The number of nitrogens with zero attached hydrogens (tertiary/aromatic N) is 3. The van der Waals surface area contributed by atoms with Crippen molar-refractivity contribution in [2.45, 2.75) is 18.6 Å². The molecule has 8 nitrogen and oxygen atoms in total. The number of hydrogen-bond donors (Lipinski definition) is 1. The Morgan fingerprint density at radius 1 is 1.18 bits per heavy atom. The minimum Gasteiger partial charge on any atom is -0.421 e. The van der Waals surface area contributed by atoms with Crippen LogP contribution in [0.5, 0.6) is 11.8 Å². The zero-order chi connectivity index (χ0) is 24.0. The van der Waals surface area contributed by atoms with Gasteiger partial charge in [0.05, 0.1) is 15.8 Å². The number of rotatable bonds is 6. The molecule has 3 aromatic heterocycles. The van der Waals surface area contributed by atoms with Crippen LogP contribution in [0.3, 0.4) is 0 Å². The number of carbonyl (C=O) groups excluding carboxylic acids is 1. The predicted molar refractivity (Wildman–Crippen MR) is 130 cm³/mol. The van der Waals surface area contributed by atoms with Crippen LogP contribution in [0.15, 0.2) is 48.7 Å². The molecule has 0 atom stereocenters. The van der Waals surface area contributed by atoms with Crippen LogP contribution in [0, 0.1) is 0 Å². The van der Waals surface area contributed by atoms with E-state index in [1.54, 1.807) is 51.4 Å². The van der Waals surface area contributed by atoms with Gasteiger partial charge in [0.2, 0.25) is 11.8 Å². The summed E-state index contributed by atoms with van der Waals surface area (Å²) in [7, 11) is -1.59. The van der Waals surface area contributed by atoms with Crippen LogP contribution in [0.4, 0.5) is 5.69 Å². The number of anilines is 1. The summed E-state index contributed by atoms with van der Waals surface area (Å²) in [6.07, 6.45) is 2.81. The lowest BCUT2D eigenvalue weighted by Crippen LogP contribution is -2.27. The lowest BCUT2D eigenvalue weighted by atomic mass is 10.0. The molecule has 0 aliphatic rings. The fourth-order valence-corrected chi connectivity index (χ4v) is 4.80. The molecule has 1 amide bonds. The van der Waals surface area contributed by atoms with Gasteiger partial charge in [0.25, 0.3) is 5.91 Å². The normalized spacial score (nSPS) is 12.2. The van der Waals surface area contributed by atoms with Gasteiger partial charge >= 0.3 is 0 Å². The molecule has 0 saturated carbocycles. The molecule has 0 fully saturated rings. The van der Waals surface area contributed by atoms with Gasteiger partial charge in [0.1, 0.15) is 5.15 Å². The Kier molecular flexibility index (Phi) is 5.94. The van der Waals surface area contributed by atoms with E-state index >= 15 is 0 Å². The smallest absolute Gasteiger partial charge is 0.265 e. The first-order valence-electron chi connectivity index (χ1n) is 9.82. The molecule has 1 aromatic carbocycles. The number of sulfone groups is 1. The Morgan fingerprint density at radius 2 is 1.94 bits per heavy atom. The Morgan fingerprint density at radius 3 is 2.61 bits per heavy atom. The third-order valence-corrected chi connectivity index (χ3v) is 8.77. The molecule has 172 valence electrons. The highest BCUT2D eigenvalue weighted by Gasteiger charge is 2.32. The number of thiophene rings is 1. The highest BCUT2D eigenvalue weighted by atomic mass is 35.5. The van der Waals surface area contributed by atoms with Crippen molar-refractivity contribution < 1.29 is 17.9 Å². The molecular weight excluding hydrogens is 484 g/mol. The highest BCUT2D eigenvalue weighted by Crippen LogP contribution is 2.34. The Hall–Kier alpha value is -2.95. The lowest BCUT2D eigenvalue weighted by Gasteiger charge is -2.23. The van der Waals surface area contributed by atoms with Crippen molar-refractivity contribution in [2.75, 3.05) is 11.6 Å². The standard InChI is InChI=1S/C22H21ClN4O4S2/c1-22(2,33(4,29)30)14-5-6-16-13(9-14)10-17(32-16)21(28)25-15-11-18(23)26-19(12-15)31-20-7-8-24-27(20)3/h5-12H,1-4H3,(H,25,26,28). The van der Waals surface area contributed by atoms with Crippen LogP contribution in [0.25, 0.3) is 10.1 Å². The topological polar surface area (TPSA) is 103 Å². The van der Waals surface area contributed by atoms with Crippen molar-refractivity contribution in [3.63, 3.8) is 0 Å². The summed E-state index contributed by atoms with van der Waals surface area (Å²) in [4.78, 5) is 17.5. The molecule has 4 aromatic rings. The van der Waals surface area contributed by atoms with Crippen LogP contribution < -0.4 is 10.1 Å². The van der Waals surface area contributed by atoms with E-state index < -0.39 is 14.6 Å². The molecular formula is C22H21ClN4O4S2. The van der Waals surface area contributed by atoms with Crippen LogP contribution in [-0.2, 0) is 21.6 Å². The second kappa shape index (κ2) is 8.44. The zero-order valence-electron chi connectivity index (χ0n) is 18.3. The third-order valence-electron chi connectivity index (χ3n) is 5.38. The third kappa shape index (κ3) is 4.73. The van der Waals surface area contributed by atoms with E-state index in [9.17, 15) is 13.2 Å². The number of aromatic nitrogens is 3. The zero-order valence-corrected chi connectivity index (χ0v) is 20.7. The molecule has 0 aliphatic carbocycles. The lowest BCUT2D eigenvalue weighted by molar-refractivity contribution is 0.103. The maximum Gasteiger partial charge on any atom is 0.265 e. The maximum absolute atomic E-state index is 12.9. The molecule has 0 unspecified atom stereocenters. The average molecular weight is 505 g/mol. The average Bonchev–Trinajstić information content (AvgIpc) is 3.32. The number of amides is 1. The fraction of sp³-hybridized carbons (Fsp3) is 0.227. The first kappa shape index (κ1) is 23.2. The van der Waals surface area contributed by atoms with E-state index in [1.807, 2.05) is 12.1 Å². The van der Waals surface area contributed by atoms with E-state index in [-0.39, 0.29) is 16.9 Å². The molecule has 0 bridgehead atoms. The molecule has 33 heavy (non-hydrogen) atoms. The summed E-state index contributed by atoms with van der Waals surface area (Å²) in [5.41, 5.74) is 1.09. The molecule has 3 heterocycles. The van der Waals surface area contributed by atoms with E-state index in [0.29, 0.717) is 22.0 Å². The van der Waals surface area contributed by atoms with Crippen LogP contribution in [-0.4, -0.2) is 35.3 Å². The number of benzene rings is 1. The van der Waals surface area contributed by atoms with Gasteiger partial charge in [-0.05, 0) is 49.1 Å². The minimum absolute atomic E-state index is 0.161. The summed E-state index contributed by atoms with van der Waals surface area (Å²) in [5.74, 6) is 0.360. The Balaban J connectivity index is 1.59. The van der Waals surface area contributed by atoms with E-state index in [0.717, 1.165) is 10.1 Å². The molecule has 11 heteroatoms. The van der Waals surface area contributed by atoms with Crippen molar-refractivity contribution in [2.24, 2.45) is 7.05 Å². The molecule has 0 spiro atoms. The van der Waals surface area contributed by atoms with E-state index in [4.69, 9.17) is 16.3 Å². The van der Waals surface area contributed by atoms with Crippen molar-refractivity contribution in [1.29, 1.82) is 0 Å². The van der Waals surface area contributed by atoms with Gasteiger partial charge in [-0.15, -0.1) is 11.3 Å². The minimum atomic E-state index is -3.32. The van der Waals surface area contributed by atoms with Gasteiger partial charge in [0, 0.05) is 35.8 Å². The van der Waals surface area contributed by atoms with Crippen molar-refractivity contribution >= 4 is 54.5 Å². The van der Waals surface area contributed by atoms with Gasteiger partial charge in [0.15, 0.2) is 9.84 Å². The first-order valence-corrected chi connectivity index (χ1v) is 12.9. The van der Waals surface area contributed by atoms with Gasteiger partial charge in [-0.2, -0.15) is 5.10 Å². The van der Waals surface area contributed by atoms with Crippen LogP contribution in [0.2, 0.25) is 5.15 Å². The van der Waals surface area contributed by atoms with Gasteiger partial charge in [-0.25, -0.2) is 18.1 Å². The number of fused-ring (bicyclic) bond motifs is 1. The number of aryl methyl sites for hydroxylation is 1.